The largest absolute Gasteiger partial charge is 0.374 e. The van der Waals surface area contributed by atoms with Crippen LogP contribution < -0.4 is 11.3 Å². The molecule has 20 heavy (non-hydrogen) atoms. The fourth-order valence-electron chi connectivity index (χ4n) is 2.60. The Morgan fingerprint density at radius 1 is 1.55 bits per heavy atom. The summed E-state index contributed by atoms with van der Waals surface area (Å²) in [5, 5.41) is 4.26. The minimum atomic E-state index is 0.0594. The van der Waals surface area contributed by atoms with Gasteiger partial charge in [-0.2, -0.15) is 5.10 Å². The number of nitrogens with one attached hydrogen (secondary N) is 1. The number of hydrogen-bond acceptors (Lipinski definition) is 6. The van der Waals surface area contributed by atoms with Crippen LogP contribution in [0.5, 0.6) is 0 Å². The van der Waals surface area contributed by atoms with Crippen molar-refractivity contribution in [3.63, 3.8) is 0 Å². The Labute approximate surface area is 120 Å². The maximum Gasteiger partial charge on any atom is 0.138 e. The quantitative estimate of drug-likeness (QED) is 0.532. The van der Waals surface area contributed by atoms with E-state index >= 15 is 0 Å². The van der Waals surface area contributed by atoms with Gasteiger partial charge in [0.05, 0.1) is 18.8 Å². The molecule has 7 nitrogen and oxygen atoms in total. The van der Waals surface area contributed by atoms with E-state index in [0.717, 1.165) is 51.5 Å². The lowest BCUT2D eigenvalue weighted by Gasteiger charge is -2.36. The summed E-state index contributed by atoms with van der Waals surface area (Å²) in [6, 6.07) is 0.0594. The molecule has 2 unspecified atom stereocenters. The number of hydrazine groups is 1. The third-order valence-electron chi connectivity index (χ3n) is 3.82. The number of likely N-dealkylation sites (N-methyl/N-ethyl adjacent to an activating group) is 1. The van der Waals surface area contributed by atoms with Crippen LogP contribution in [0.2, 0.25) is 0 Å². The molecule has 7 heteroatoms. The molecular weight excluding hydrogens is 256 g/mol. The van der Waals surface area contributed by atoms with Gasteiger partial charge in [-0.15, -0.1) is 0 Å². The first-order valence-corrected chi connectivity index (χ1v) is 7.45. The maximum absolute atomic E-state index is 5.87. The van der Waals surface area contributed by atoms with Gasteiger partial charge in [0.2, 0.25) is 0 Å². The van der Waals surface area contributed by atoms with E-state index in [9.17, 15) is 0 Å². The van der Waals surface area contributed by atoms with E-state index in [1.165, 1.54) is 0 Å². The molecule has 1 saturated heterocycles. The van der Waals surface area contributed by atoms with Crippen LogP contribution in [0, 0.1) is 0 Å². The van der Waals surface area contributed by atoms with Gasteiger partial charge in [-0.05, 0) is 13.0 Å². The first-order chi connectivity index (χ1) is 9.78. The Morgan fingerprint density at radius 3 is 3.10 bits per heavy atom. The van der Waals surface area contributed by atoms with Gasteiger partial charge in [0.1, 0.15) is 12.2 Å². The van der Waals surface area contributed by atoms with Crippen molar-refractivity contribution in [2.45, 2.75) is 45.4 Å². The lowest BCUT2D eigenvalue weighted by atomic mass is 10.1. The van der Waals surface area contributed by atoms with E-state index in [4.69, 9.17) is 10.6 Å². The molecule has 3 N–H and O–H groups in total. The number of aromatic nitrogens is 3. The standard InChI is InChI=1S/C13H26N6O/c1-3-5-19-13(15-10-16-19)8-11(17-14)12-9-18(4-2)6-7-20-12/h10-12,17H,3-9,14H2,1-2H3. The highest BCUT2D eigenvalue weighted by Crippen LogP contribution is 2.12. The zero-order valence-corrected chi connectivity index (χ0v) is 12.5. The first-order valence-electron chi connectivity index (χ1n) is 7.45. The molecule has 1 aliphatic rings. The Bertz CT molecular complexity index is 396. The van der Waals surface area contributed by atoms with Crippen LogP contribution in [0.25, 0.3) is 0 Å². The molecule has 0 spiro atoms. The molecule has 0 amide bonds. The second kappa shape index (κ2) is 7.68. The van der Waals surface area contributed by atoms with Crippen molar-refractivity contribution in [1.82, 2.24) is 25.1 Å². The van der Waals surface area contributed by atoms with Crippen molar-refractivity contribution >= 4 is 0 Å². The van der Waals surface area contributed by atoms with Crippen LogP contribution in [0.4, 0.5) is 0 Å². The van der Waals surface area contributed by atoms with Crippen molar-refractivity contribution in [2.24, 2.45) is 5.84 Å². The summed E-state index contributed by atoms with van der Waals surface area (Å²) in [6.45, 7) is 8.91. The minimum absolute atomic E-state index is 0.0594. The van der Waals surface area contributed by atoms with Crippen molar-refractivity contribution in [1.29, 1.82) is 0 Å². The topological polar surface area (TPSA) is 81.2 Å². The van der Waals surface area contributed by atoms with Crippen molar-refractivity contribution in [3.05, 3.63) is 12.2 Å². The monoisotopic (exact) mass is 282 g/mol. The lowest BCUT2D eigenvalue weighted by Crippen LogP contribution is -2.55. The summed E-state index contributed by atoms with van der Waals surface area (Å²) in [5.41, 5.74) is 2.89. The van der Waals surface area contributed by atoms with E-state index in [1.54, 1.807) is 6.33 Å². The van der Waals surface area contributed by atoms with Gasteiger partial charge >= 0.3 is 0 Å². The van der Waals surface area contributed by atoms with E-state index in [-0.39, 0.29) is 12.1 Å². The van der Waals surface area contributed by atoms with Crippen molar-refractivity contribution < 1.29 is 4.74 Å². The fourth-order valence-corrected chi connectivity index (χ4v) is 2.60. The number of ether oxygens (including phenoxy) is 1. The van der Waals surface area contributed by atoms with Crippen LogP contribution in [0.15, 0.2) is 6.33 Å². The fraction of sp³-hybridized carbons (Fsp3) is 0.846. The molecule has 0 bridgehead atoms. The zero-order valence-electron chi connectivity index (χ0n) is 12.5. The number of aryl methyl sites for hydroxylation is 1. The first kappa shape index (κ1) is 15.4. The van der Waals surface area contributed by atoms with Gasteiger partial charge in [-0.1, -0.05) is 13.8 Å². The molecule has 2 heterocycles. The van der Waals surface area contributed by atoms with Gasteiger partial charge in [-0.25, -0.2) is 4.98 Å². The molecular formula is C13H26N6O. The van der Waals surface area contributed by atoms with Crippen LogP contribution in [-0.2, 0) is 17.7 Å². The molecule has 0 aromatic carbocycles. The van der Waals surface area contributed by atoms with Crippen LogP contribution in [0.1, 0.15) is 26.1 Å². The summed E-state index contributed by atoms with van der Waals surface area (Å²) >= 11 is 0. The van der Waals surface area contributed by atoms with Crippen LogP contribution in [-0.4, -0.2) is 58.1 Å². The number of morpholine rings is 1. The summed E-state index contributed by atoms with van der Waals surface area (Å²) in [6.07, 6.45) is 3.48. The van der Waals surface area contributed by atoms with Gasteiger partial charge in [-0.3, -0.25) is 20.9 Å². The van der Waals surface area contributed by atoms with Gasteiger partial charge in [0.15, 0.2) is 0 Å². The molecule has 1 aliphatic heterocycles. The normalized spacial score (nSPS) is 22.1. The number of nitrogens with zero attached hydrogens (tertiary/aromatic N) is 4. The highest BCUT2D eigenvalue weighted by molar-refractivity contribution is 4.94. The zero-order chi connectivity index (χ0) is 14.4. The molecule has 2 rings (SSSR count). The second-order valence-electron chi connectivity index (χ2n) is 5.18. The molecule has 1 aromatic heterocycles. The number of nitrogens with two attached hydrogens (primary N) is 1. The second-order valence-corrected chi connectivity index (χ2v) is 5.18. The smallest absolute Gasteiger partial charge is 0.138 e. The Morgan fingerprint density at radius 2 is 2.40 bits per heavy atom. The molecule has 1 aromatic rings. The molecule has 0 aliphatic carbocycles. The average Bonchev–Trinajstić information content (AvgIpc) is 2.92. The van der Waals surface area contributed by atoms with Crippen LogP contribution in [0.3, 0.4) is 0 Å². The highest BCUT2D eigenvalue weighted by Gasteiger charge is 2.28. The molecule has 0 radical (unpaired) electrons. The summed E-state index contributed by atoms with van der Waals surface area (Å²) < 4.78 is 7.82. The predicted molar refractivity (Wildman–Crippen MR) is 77.0 cm³/mol. The summed E-state index contributed by atoms with van der Waals surface area (Å²) in [7, 11) is 0. The van der Waals surface area contributed by atoms with Gasteiger partial charge < -0.3 is 4.74 Å². The molecule has 1 fully saturated rings. The van der Waals surface area contributed by atoms with Crippen LogP contribution >= 0.6 is 0 Å². The molecule has 2 atom stereocenters. The number of hydrogen-bond donors (Lipinski definition) is 2. The van der Waals surface area contributed by atoms with Crippen molar-refractivity contribution in [3.8, 4) is 0 Å². The Hall–Kier alpha value is -1.02. The summed E-state index contributed by atoms with van der Waals surface area (Å²) in [5.74, 6) is 6.69. The lowest BCUT2D eigenvalue weighted by molar-refractivity contribution is -0.0452. The van der Waals surface area contributed by atoms with E-state index in [2.05, 4.69) is 34.3 Å². The van der Waals surface area contributed by atoms with Gasteiger partial charge in [0.25, 0.3) is 0 Å². The average molecular weight is 282 g/mol. The summed E-state index contributed by atoms with van der Waals surface area (Å²) in [4.78, 5) is 6.73. The third-order valence-corrected chi connectivity index (χ3v) is 3.82. The number of rotatable bonds is 7. The minimum Gasteiger partial charge on any atom is -0.374 e. The Balaban J connectivity index is 1.99. The van der Waals surface area contributed by atoms with E-state index in [0.29, 0.717) is 0 Å². The van der Waals surface area contributed by atoms with E-state index in [1.807, 2.05) is 4.68 Å². The predicted octanol–water partition coefficient (Wildman–Crippen LogP) is -0.217. The Kier molecular flexibility index (Phi) is 5.90. The van der Waals surface area contributed by atoms with Crippen molar-refractivity contribution in [2.75, 3.05) is 26.2 Å². The SMILES string of the molecule is CCCn1ncnc1CC(NN)C1CN(CC)CCO1. The maximum atomic E-state index is 5.87. The highest BCUT2D eigenvalue weighted by atomic mass is 16.5. The molecule has 0 saturated carbocycles. The van der Waals surface area contributed by atoms with Gasteiger partial charge in [0, 0.05) is 26.1 Å². The third kappa shape index (κ3) is 3.76. The van der Waals surface area contributed by atoms with E-state index < -0.39 is 0 Å². The molecule has 114 valence electrons.